The lowest BCUT2D eigenvalue weighted by Gasteiger charge is -2.24. The summed E-state index contributed by atoms with van der Waals surface area (Å²) in [7, 11) is 0. The van der Waals surface area contributed by atoms with Crippen molar-refractivity contribution in [2.24, 2.45) is 0 Å². The molecule has 0 unspecified atom stereocenters. The lowest BCUT2D eigenvalue weighted by atomic mass is 10.0. The molecule has 0 bridgehead atoms. The second-order valence-electron chi connectivity index (χ2n) is 8.48. The predicted octanol–water partition coefficient (Wildman–Crippen LogP) is 3.63. The number of ether oxygens (including phenoxy) is 1. The maximum atomic E-state index is 14.2. The van der Waals surface area contributed by atoms with Crippen LogP contribution in [0.4, 0.5) is 10.2 Å². The van der Waals surface area contributed by atoms with Gasteiger partial charge in [0, 0.05) is 37.2 Å². The van der Waals surface area contributed by atoms with E-state index >= 15 is 0 Å². The summed E-state index contributed by atoms with van der Waals surface area (Å²) in [5.41, 5.74) is 2.75. The minimum absolute atomic E-state index is 0.0232. The molecule has 34 heavy (non-hydrogen) atoms. The van der Waals surface area contributed by atoms with Gasteiger partial charge in [-0.1, -0.05) is 30.3 Å². The molecule has 1 aliphatic heterocycles. The first-order valence-electron chi connectivity index (χ1n) is 11.1. The monoisotopic (exact) mass is 467 g/mol. The predicted molar refractivity (Wildman–Crippen MR) is 124 cm³/mol. The zero-order chi connectivity index (χ0) is 24.2. The van der Waals surface area contributed by atoms with Crippen LogP contribution in [-0.2, 0) is 13.1 Å². The third-order valence-electron chi connectivity index (χ3n) is 5.53. The molecule has 1 aliphatic rings. The third-order valence-corrected chi connectivity index (χ3v) is 5.53. The molecule has 0 radical (unpaired) electrons. The van der Waals surface area contributed by atoms with Gasteiger partial charge in [0.1, 0.15) is 18.6 Å². The van der Waals surface area contributed by atoms with E-state index in [1.54, 1.807) is 16.7 Å². The molecule has 0 aliphatic carbocycles. The number of carbonyl (C=O) groups excluding carboxylic acids is 1. The number of imidazole rings is 1. The number of aromatic nitrogens is 2. The second kappa shape index (κ2) is 10.0. The zero-order valence-corrected chi connectivity index (χ0v) is 19.0. The summed E-state index contributed by atoms with van der Waals surface area (Å²) in [5.74, 6) is -1.20. The van der Waals surface area contributed by atoms with Gasteiger partial charge in [0.25, 0.3) is 5.91 Å². The fourth-order valence-electron chi connectivity index (χ4n) is 3.81. The highest BCUT2D eigenvalue weighted by atomic mass is 19.1. The second-order valence-corrected chi connectivity index (χ2v) is 8.48. The average Bonchev–Trinajstić information content (AvgIpc) is 3.18. The molecule has 0 saturated heterocycles. The first-order chi connectivity index (χ1) is 16.3. The van der Waals surface area contributed by atoms with Gasteiger partial charge in [0.15, 0.2) is 0 Å². The molecule has 0 saturated carbocycles. The summed E-state index contributed by atoms with van der Waals surface area (Å²) in [6.45, 7) is 6.60. The Hall–Kier alpha value is -3.79. The summed E-state index contributed by atoms with van der Waals surface area (Å²) in [4.78, 5) is 28.8. The summed E-state index contributed by atoms with van der Waals surface area (Å²) < 4.78 is 21.5. The highest BCUT2D eigenvalue weighted by Crippen LogP contribution is 2.24. The fraction of sp³-hybridized carbons (Fsp3) is 0.333. The van der Waals surface area contributed by atoms with Crippen LogP contribution in [-0.4, -0.2) is 51.0 Å². The largest absolute Gasteiger partial charge is 0.444 e. The number of hydrogen-bond acceptors (Lipinski definition) is 6. The van der Waals surface area contributed by atoms with Crippen LogP contribution in [0.1, 0.15) is 29.8 Å². The minimum atomic E-state index is -0.552. The molecule has 1 aromatic heterocycles. The molecule has 4 rings (SSSR count). The van der Waals surface area contributed by atoms with E-state index in [4.69, 9.17) is 4.74 Å². The van der Waals surface area contributed by atoms with Crippen molar-refractivity contribution in [1.29, 1.82) is 0 Å². The van der Waals surface area contributed by atoms with Crippen LogP contribution in [0, 0.1) is 15.9 Å². The summed E-state index contributed by atoms with van der Waals surface area (Å²) in [6.07, 6.45) is 1.39. The first-order valence-corrected chi connectivity index (χ1v) is 11.1. The van der Waals surface area contributed by atoms with Gasteiger partial charge in [-0.25, -0.2) is 4.39 Å². The van der Waals surface area contributed by atoms with Crippen molar-refractivity contribution < 1.29 is 18.8 Å². The molecule has 2 aromatic carbocycles. The standard InChI is InChI=1S/C24H26FN5O4/c1-16(2)26-23(31)20-13-19(7-8-21(20)25)18-5-3-17(4-6-18)14-28-9-10-29-15-22(30(32)33)27-24(29)34-12-11-28/h3-8,13,15-16H,9-12,14H2,1-2H3,(H,26,31). The van der Waals surface area contributed by atoms with E-state index in [9.17, 15) is 19.3 Å². The molecule has 0 fully saturated rings. The van der Waals surface area contributed by atoms with E-state index < -0.39 is 16.6 Å². The van der Waals surface area contributed by atoms with E-state index in [1.165, 1.54) is 12.3 Å². The van der Waals surface area contributed by atoms with Gasteiger partial charge in [-0.3, -0.25) is 14.3 Å². The highest BCUT2D eigenvalue weighted by molar-refractivity contribution is 5.95. The normalized spacial score (nSPS) is 14.1. The van der Waals surface area contributed by atoms with Gasteiger partial charge < -0.3 is 20.2 Å². The lowest BCUT2D eigenvalue weighted by Crippen LogP contribution is -2.33. The van der Waals surface area contributed by atoms with Gasteiger partial charge in [-0.15, -0.1) is 0 Å². The fourth-order valence-corrected chi connectivity index (χ4v) is 3.81. The van der Waals surface area contributed by atoms with Crippen molar-refractivity contribution in [2.45, 2.75) is 33.0 Å². The molecule has 178 valence electrons. The maximum Gasteiger partial charge on any atom is 0.414 e. The number of carbonyl (C=O) groups is 1. The molecule has 2 heterocycles. The van der Waals surface area contributed by atoms with Gasteiger partial charge in [0.2, 0.25) is 0 Å². The number of nitrogens with one attached hydrogen (secondary N) is 1. The Labute approximate surface area is 196 Å². The van der Waals surface area contributed by atoms with Crippen LogP contribution in [0.2, 0.25) is 0 Å². The van der Waals surface area contributed by atoms with Crippen molar-refractivity contribution in [1.82, 2.24) is 19.8 Å². The number of benzene rings is 2. The molecule has 0 spiro atoms. The lowest BCUT2D eigenvalue weighted by molar-refractivity contribution is -0.389. The first kappa shape index (κ1) is 23.4. The van der Waals surface area contributed by atoms with Crippen molar-refractivity contribution in [3.05, 3.63) is 75.7 Å². The smallest absolute Gasteiger partial charge is 0.414 e. The number of amides is 1. The quantitative estimate of drug-likeness (QED) is 0.439. The number of hydrogen-bond donors (Lipinski definition) is 1. The van der Waals surface area contributed by atoms with Gasteiger partial charge in [0.05, 0.1) is 5.56 Å². The van der Waals surface area contributed by atoms with Gasteiger partial charge in [-0.05, 0) is 47.6 Å². The Morgan fingerprint density at radius 3 is 2.62 bits per heavy atom. The van der Waals surface area contributed by atoms with E-state index in [0.29, 0.717) is 32.8 Å². The number of halogens is 1. The van der Waals surface area contributed by atoms with E-state index in [-0.39, 0.29) is 23.4 Å². The average molecular weight is 468 g/mol. The zero-order valence-electron chi connectivity index (χ0n) is 19.0. The highest BCUT2D eigenvalue weighted by Gasteiger charge is 2.23. The van der Waals surface area contributed by atoms with Crippen molar-refractivity contribution in [3.8, 4) is 17.1 Å². The third kappa shape index (κ3) is 5.40. The summed E-state index contributed by atoms with van der Waals surface area (Å²) in [6, 6.07) is 12.6. The van der Waals surface area contributed by atoms with Gasteiger partial charge >= 0.3 is 11.8 Å². The Balaban J connectivity index is 1.43. The molecule has 1 N–H and O–H groups in total. The van der Waals surface area contributed by atoms with Crippen LogP contribution in [0.5, 0.6) is 6.01 Å². The van der Waals surface area contributed by atoms with Crippen LogP contribution in [0.15, 0.2) is 48.7 Å². The van der Waals surface area contributed by atoms with Crippen molar-refractivity contribution >= 4 is 11.7 Å². The summed E-state index contributed by atoms with van der Waals surface area (Å²) >= 11 is 0. The van der Waals surface area contributed by atoms with E-state index in [1.807, 2.05) is 38.1 Å². The van der Waals surface area contributed by atoms with E-state index in [2.05, 4.69) is 15.2 Å². The van der Waals surface area contributed by atoms with Crippen LogP contribution >= 0.6 is 0 Å². The van der Waals surface area contributed by atoms with Crippen LogP contribution in [0.25, 0.3) is 11.1 Å². The summed E-state index contributed by atoms with van der Waals surface area (Å²) in [5, 5.41) is 13.7. The van der Waals surface area contributed by atoms with Gasteiger partial charge in [-0.2, -0.15) is 0 Å². The SMILES string of the molecule is CC(C)NC(=O)c1cc(-c2ccc(CN3CCOc4nc([N+](=O)[O-])cn4CC3)cc2)ccc1F. The van der Waals surface area contributed by atoms with Crippen LogP contribution < -0.4 is 10.1 Å². The number of nitrogens with zero attached hydrogens (tertiary/aromatic N) is 4. The topological polar surface area (TPSA) is 103 Å². The molecule has 1 amide bonds. The Morgan fingerprint density at radius 1 is 1.18 bits per heavy atom. The maximum absolute atomic E-state index is 14.2. The molecule has 10 heteroatoms. The Bertz CT molecular complexity index is 1190. The Kier molecular flexibility index (Phi) is 6.87. The number of nitro groups is 1. The Morgan fingerprint density at radius 2 is 1.91 bits per heavy atom. The van der Waals surface area contributed by atoms with E-state index in [0.717, 1.165) is 16.7 Å². The van der Waals surface area contributed by atoms with Crippen LogP contribution in [0.3, 0.4) is 0 Å². The van der Waals surface area contributed by atoms with Crippen molar-refractivity contribution in [3.63, 3.8) is 0 Å². The molecular formula is C24H26FN5O4. The molecule has 3 aromatic rings. The number of rotatable bonds is 6. The molecule has 0 atom stereocenters. The molecular weight excluding hydrogens is 441 g/mol. The van der Waals surface area contributed by atoms with Crippen molar-refractivity contribution in [2.75, 3.05) is 19.7 Å². The number of fused-ring (bicyclic) bond motifs is 1. The minimum Gasteiger partial charge on any atom is -0.444 e. The molecule has 9 nitrogen and oxygen atoms in total.